The van der Waals surface area contributed by atoms with E-state index in [4.69, 9.17) is 0 Å². The summed E-state index contributed by atoms with van der Waals surface area (Å²) in [5.74, 6) is -1.11. The fourth-order valence-electron chi connectivity index (χ4n) is 3.31. The number of nitrogens with one attached hydrogen (secondary N) is 2. The molecule has 10 nitrogen and oxygen atoms in total. The highest BCUT2D eigenvalue weighted by atomic mass is 32.2. The van der Waals surface area contributed by atoms with Gasteiger partial charge in [0.15, 0.2) is 0 Å². The molecular weight excluding hydrogens is 484 g/mol. The van der Waals surface area contributed by atoms with Crippen molar-refractivity contribution in [3.05, 3.63) is 94.5 Å². The van der Waals surface area contributed by atoms with Crippen LogP contribution in [0, 0.1) is 10.1 Å². The predicted octanol–water partition coefficient (Wildman–Crippen LogP) is 3.96. The Balaban J connectivity index is 1.95. The molecule has 3 aromatic carbocycles. The summed E-state index contributed by atoms with van der Waals surface area (Å²) in [6.07, 6.45) is 0.718. The lowest BCUT2D eigenvalue weighted by molar-refractivity contribution is -0.384. The molecule has 3 aromatic rings. The van der Waals surface area contributed by atoms with Crippen molar-refractivity contribution in [2.75, 3.05) is 16.2 Å². The fraction of sp³-hybridized carbons (Fsp3) is 0.200. The average molecular weight is 511 g/mol. The number of nitro benzene ring substituents is 1. The molecule has 0 fully saturated rings. The maximum Gasteiger partial charge on any atom is 0.271 e. The van der Waals surface area contributed by atoms with Gasteiger partial charge >= 0.3 is 0 Å². The van der Waals surface area contributed by atoms with Gasteiger partial charge in [0.1, 0.15) is 6.54 Å². The molecule has 1 atom stereocenters. The zero-order chi connectivity index (χ0) is 26.3. The van der Waals surface area contributed by atoms with Crippen molar-refractivity contribution in [3.8, 4) is 0 Å². The van der Waals surface area contributed by atoms with Crippen LogP contribution < -0.4 is 14.9 Å². The molecule has 0 bridgehead atoms. The Bertz CT molecular complexity index is 1360. The smallest absolute Gasteiger partial charge is 0.271 e. The van der Waals surface area contributed by atoms with E-state index in [1.165, 1.54) is 48.5 Å². The molecule has 0 unspecified atom stereocenters. The summed E-state index contributed by atoms with van der Waals surface area (Å²) in [4.78, 5) is 36.3. The van der Waals surface area contributed by atoms with Gasteiger partial charge in [-0.15, -0.1) is 0 Å². The van der Waals surface area contributed by atoms with Gasteiger partial charge in [0.05, 0.1) is 26.8 Å². The number of sulfonamides is 1. The molecule has 0 heterocycles. The van der Waals surface area contributed by atoms with Crippen molar-refractivity contribution in [3.63, 3.8) is 0 Å². The van der Waals surface area contributed by atoms with Crippen LogP contribution in [0.25, 0.3) is 0 Å². The average Bonchev–Trinajstić information content (AvgIpc) is 2.88. The number of nitrogens with zero attached hydrogens (tertiary/aromatic N) is 2. The lowest BCUT2D eigenvalue weighted by Crippen LogP contribution is -2.38. The highest BCUT2D eigenvalue weighted by Crippen LogP contribution is 2.27. The standard InChI is InChI=1S/C25H26N4O6S/c1-3-18(2)26-25(31)22-14-7-8-15-23(22)27-24(30)17-28(19-10-9-11-20(16-19)29(32)33)36(34,35)21-12-5-4-6-13-21/h4-16,18H,3,17H2,1-2H3,(H,26,31)(H,27,30)/t18-/m1/s1. The summed E-state index contributed by atoms with van der Waals surface area (Å²) >= 11 is 0. The van der Waals surface area contributed by atoms with E-state index in [1.807, 2.05) is 13.8 Å². The largest absolute Gasteiger partial charge is 0.350 e. The maximum absolute atomic E-state index is 13.4. The number of para-hydroxylation sites is 1. The lowest BCUT2D eigenvalue weighted by Gasteiger charge is -2.24. The molecule has 2 amide bonds. The summed E-state index contributed by atoms with van der Waals surface area (Å²) in [6.45, 7) is 3.10. The number of benzene rings is 3. The molecule has 0 spiro atoms. The van der Waals surface area contributed by atoms with Crippen LogP contribution in [0.3, 0.4) is 0 Å². The zero-order valence-corrected chi connectivity index (χ0v) is 20.6. The Morgan fingerprint density at radius 1 is 1.00 bits per heavy atom. The Hall–Kier alpha value is -4.25. The SMILES string of the molecule is CC[C@@H](C)NC(=O)c1ccccc1NC(=O)CN(c1cccc([N+](=O)[O-])c1)S(=O)(=O)c1ccccc1. The van der Waals surface area contributed by atoms with E-state index in [-0.39, 0.29) is 39.5 Å². The number of rotatable bonds is 10. The van der Waals surface area contributed by atoms with Crippen LogP contribution in [0.4, 0.5) is 17.1 Å². The van der Waals surface area contributed by atoms with Gasteiger partial charge in [-0.2, -0.15) is 0 Å². The number of carbonyl (C=O) groups is 2. The summed E-state index contributed by atoms with van der Waals surface area (Å²) in [7, 11) is -4.26. The summed E-state index contributed by atoms with van der Waals surface area (Å²) in [6, 6.07) is 18.7. The maximum atomic E-state index is 13.4. The van der Waals surface area contributed by atoms with Crippen molar-refractivity contribution in [2.24, 2.45) is 0 Å². The van der Waals surface area contributed by atoms with Gasteiger partial charge < -0.3 is 10.6 Å². The number of hydrogen-bond acceptors (Lipinski definition) is 6. The minimum Gasteiger partial charge on any atom is -0.350 e. The molecule has 0 aliphatic carbocycles. The first-order valence-electron chi connectivity index (χ1n) is 11.2. The number of nitro groups is 1. The second-order valence-electron chi connectivity index (χ2n) is 7.98. The third-order valence-electron chi connectivity index (χ3n) is 5.38. The van der Waals surface area contributed by atoms with E-state index in [0.29, 0.717) is 0 Å². The Labute approximate surface area is 209 Å². The van der Waals surface area contributed by atoms with Gasteiger partial charge in [0, 0.05) is 18.2 Å². The number of hydrogen-bond donors (Lipinski definition) is 2. The molecule has 0 saturated heterocycles. The van der Waals surface area contributed by atoms with E-state index in [9.17, 15) is 28.1 Å². The zero-order valence-electron chi connectivity index (χ0n) is 19.7. The minimum atomic E-state index is -4.26. The van der Waals surface area contributed by atoms with Crippen molar-refractivity contribution in [1.29, 1.82) is 0 Å². The van der Waals surface area contributed by atoms with Crippen LogP contribution in [0.1, 0.15) is 30.6 Å². The van der Waals surface area contributed by atoms with Crippen LogP contribution in [0.15, 0.2) is 83.8 Å². The molecule has 188 valence electrons. The van der Waals surface area contributed by atoms with Crippen LogP contribution in [-0.2, 0) is 14.8 Å². The molecule has 3 rings (SSSR count). The van der Waals surface area contributed by atoms with Crippen molar-refractivity contribution < 1.29 is 22.9 Å². The monoisotopic (exact) mass is 510 g/mol. The van der Waals surface area contributed by atoms with Gasteiger partial charge in [-0.1, -0.05) is 43.3 Å². The summed E-state index contributed by atoms with van der Waals surface area (Å²) in [5, 5.41) is 16.7. The highest BCUT2D eigenvalue weighted by molar-refractivity contribution is 7.92. The summed E-state index contributed by atoms with van der Waals surface area (Å²) in [5.41, 5.74) is 0.0533. The molecule has 0 radical (unpaired) electrons. The second kappa shape index (κ2) is 11.5. The molecule has 11 heteroatoms. The first-order chi connectivity index (χ1) is 17.1. The molecule has 36 heavy (non-hydrogen) atoms. The Kier molecular flexibility index (Phi) is 8.38. The van der Waals surface area contributed by atoms with Gasteiger partial charge in [0.25, 0.3) is 21.6 Å². The van der Waals surface area contributed by atoms with E-state index in [2.05, 4.69) is 10.6 Å². The topological polar surface area (TPSA) is 139 Å². The van der Waals surface area contributed by atoms with Crippen LogP contribution in [0.5, 0.6) is 0 Å². The minimum absolute atomic E-state index is 0.0500. The highest BCUT2D eigenvalue weighted by Gasteiger charge is 2.28. The Morgan fingerprint density at radius 2 is 1.67 bits per heavy atom. The van der Waals surface area contributed by atoms with Gasteiger partial charge in [-0.25, -0.2) is 8.42 Å². The quantitative estimate of drug-likeness (QED) is 0.313. The second-order valence-corrected chi connectivity index (χ2v) is 9.84. The van der Waals surface area contributed by atoms with Crippen molar-refractivity contribution in [2.45, 2.75) is 31.2 Å². The first kappa shape index (κ1) is 26.4. The van der Waals surface area contributed by atoms with Crippen LogP contribution >= 0.6 is 0 Å². The summed E-state index contributed by atoms with van der Waals surface area (Å²) < 4.78 is 27.7. The van der Waals surface area contributed by atoms with E-state index < -0.39 is 27.4 Å². The molecule has 0 aliphatic rings. The number of anilines is 2. The molecular formula is C25H26N4O6S. The van der Waals surface area contributed by atoms with Gasteiger partial charge in [-0.05, 0) is 43.7 Å². The number of amides is 2. The molecule has 0 aromatic heterocycles. The van der Waals surface area contributed by atoms with Gasteiger partial charge in [-0.3, -0.25) is 24.0 Å². The van der Waals surface area contributed by atoms with Gasteiger partial charge in [0.2, 0.25) is 5.91 Å². The normalized spacial score (nSPS) is 11.8. The predicted molar refractivity (Wildman–Crippen MR) is 136 cm³/mol. The molecule has 0 saturated carbocycles. The van der Waals surface area contributed by atoms with Crippen LogP contribution in [-0.4, -0.2) is 37.7 Å². The molecule has 0 aliphatic heterocycles. The first-order valence-corrected chi connectivity index (χ1v) is 12.6. The van der Waals surface area contributed by atoms with Crippen LogP contribution in [0.2, 0.25) is 0 Å². The number of non-ortho nitro benzene ring substituents is 1. The van der Waals surface area contributed by atoms with E-state index >= 15 is 0 Å². The van der Waals surface area contributed by atoms with Crippen molar-refractivity contribution >= 4 is 38.9 Å². The fourth-order valence-corrected chi connectivity index (χ4v) is 4.74. The van der Waals surface area contributed by atoms with Crippen molar-refractivity contribution in [1.82, 2.24) is 5.32 Å². The van der Waals surface area contributed by atoms with E-state index in [0.717, 1.165) is 16.8 Å². The number of carbonyl (C=O) groups excluding carboxylic acids is 2. The molecule has 2 N–H and O–H groups in total. The van der Waals surface area contributed by atoms with E-state index in [1.54, 1.807) is 24.3 Å². The third-order valence-corrected chi connectivity index (χ3v) is 7.17. The lowest BCUT2D eigenvalue weighted by atomic mass is 10.1. The third kappa shape index (κ3) is 6.25. The Morgan fingerprint density at radius 3 is 2.33 bits per heavy atom.